The van der Waals surface area contributed by atoms with Crippen molar-refractivity contribution in [2.75, 3.05) is 5.75 Å². The van der Waals surface area contributed by atoms with Crippen LogP contribution >= 0.6 is 11.3 Å². The lowest BCUT2D eigenvalue weighted by molar-refractivity contribution is 0.0946. The van der Waals surface area contributed by atoms with E-state index in [9.17, 15) is 18.0 Å². The lowest BCUT2D eigenvalue weighted by Gasteiger charge is -2.09. The summed E-state index contributed by atoms with van der Waals surface area (Å²) in [5, 5.41) is 5.39. The maximum absolute atomic E-state index is 12.0. The lowest BCUT2D eigenvalue weighted by Crippen LogP contribution is -2.38. The van der Waals surface area contributed by atoms with E-state index in [1.54, 1.807) is 6.07 Å². The number of amides is 1. The molecule has 2 N–H and O–H groups in total. The van der Waals surface area contributed by atoms with E-state index < -0.39 is 27.3 Å². The molecule has 2 aromatic heterocycles. The van der Waals surface area contributed by atoms with E-state index in [-0.39, 0.29) is 11.3 Å². The van der Waals surface area contributed by atoms with E-state index in [0.29, 0.717) is 5.82 Å². The Hall–Kier alpha value is -2.26. The number of nitrogens with zero attached hydrogens (tertiary/aromatic N) is 1. The van der Waals surface area contributed by atoms with Gasteiger partial charge in [-0.1, -0.05) is 6.07 Å². The Balaban J connectivity index is 1.79. The van der Waals surface area contributed by atoms with E-state index in [0.717, 1.165) is 10.3 Å². The maximum Gasteiger partial charge on any atom is 0.264 e. The molecule has 0 aromatic carbocycles. The zero-order valence-corrected chi connectivity index (χ0v) is 12.8. The minimum atomic E-state index is -3.27. The summed E-state index contributed by atoms with van der Waals surface area (Å²) >= 11 is 1.42. The smallest absolute Gasteiger partial charge is 0.264 e. The normalized spacial score (nSPS) is 19.2. The van der Waals surface area contributed by atoms with Gasteiger partial charge in [0.2, 0.25) is 0 Å². The van der Waals surface area contributed by atoms with E-state index in [1.807, 2.05) is 11.4 Å². The Kier molecular flexibility index (Phi) is 3.67. The summed E-state index contributed by atoms with van der Waals surface area (Å²) in [5.74, 6) is -0.463. The van der Waals surface area contributed by atoms with Gasteiger partial charge >= 0.3 is 0 Å². The molecule has 3 rings (SSSR count). The number of rotatable bonds is 3. The van der Waals surface area contributed by atoms with E-state index >= 15 is 0 Å². The topological polar surface area (TPSA) is 109 Å². The van der Waals surface area contributed by atoms with Crippen molar-refractivity contribution in [3.8, 4) is 10.7 Å². The zero-order chi connectivity index (χ0) is 15.7. The molecule has 0 saturated carbocycles. The average molecular weight is 337 g/mol. The van der Waals surface area contributed by atoms with Crippen LogP contribution in [0.4, 0.5) is 0 Å². The first-order chi connectivity index (χ1) is 10.4. The van der Waals surface area contributed by atoms with Crippen LogP contribution in [0.25, 0.3) is 10.7 Å². The Bertz CT molecular complexity index is 898. The van der Waals surface area contributed by atoms with E-state index in [2.05, 4.69) is 15.3 Å². The van der Waals surface area contributed by atoms with Crippen LogP contribution in [0.2, 0.25) is 0 Å². The van der Waals surface area contributed by atoms with Gasteiger partial charge < -0.3 is 10.3 Å². The second-order valence-electron chi connectivity index (χ2n) is 4.69. The van der Waals surface area contributed by atoms with Gasteiger partial charge in [0, 0.05) is 11.6 Å². The van der Waals surface area contributed by atoms with Crippen LogP contribution in [0, 0.1) is 0 Å². The fourth-order valence-corrected chi connectivity index (χ4v) is 3.92. The van der Waals surface area contributed by atoms with Gasteiger partial charge in [-0.3, -0.25) is 9.59 Å². The first-order valence-electron chi connectivity index (χ1n) is 6.30. The number of thiophene rings is 1. The molecule has 0 aliphatic carbocycles. The maximum atomic E-state index is 12.0. The monoisotopic (exact) mass is 337 g/mol. The van der Waals surface area contributed by atoms with Crippen LogP contribution in [0.5, 0.6) is 0 Å². The SMILES string of the molecule is O=C(NC1C=CS(=O)(=O)C1)c1cnc(-c2cccs2)[nH]c1=O. The highest BCUT2D eigenvalue weighted by Gasteiger charge is 2.24. The molecule has 7 nitrogen and oxygen atoms in total. The van der Waals surface area contributed by atoms with Crippen molar-refractivity contribution in [3.63, 3.8) is 0 Å². The number of carbonyl (C=O) groups excluding carboxylic acids is 1. The summed E-state index contributed by atoms with van der Waals surface area (Å²) in [4.78, 5) is 31.4. The number of sulfone groups is 1. The first-order valence-corrected chi connectivity index (χ1v) is 8.89. The molecule has 3 heterocycles. The molecule has 2 aromatic rings. The van der Waals surface area contributed by atoms with Crippen LogP contribution in [0.3, 0.4) is 0 Å². The Morgan fingerprint density at radius 1 is 1.45 bits per heavy atom. The lowest BCUT2D eigenvalue weighted by atomic mass is 10.2. The molecular formula is C13H11N3O4S2. The van der Waals surface area contributed by atoms with Crippen molar-refractivity contribution in [3.05, 3.63) is 51.1 Å². The molecule has 0 saturated heterocycles. The third-order valence-corrected chi connectivity index (χ3v) is 5.32. The standard InChI is InChI=1S/C13H11N3O4S2/c17-12(15-8-3-5-22(19,20)7-8)9-6-14-11(16-13(9)18)10-2-1-4-21-10/h1-6,8H,7H2,(H,15,17)(H,14,16,18). The third-order valence-electron chi connectivity index (χ3n) is 3.05. The van der Waals surface area contributed by atoms with Gasteiger partial charge in [0.1, 0.15) is 11.4 Å². The number of hydrogen-bond acceptors (Lipinski definition) is 6. The highest BCUT2D eigenvalue weighted by Crippen LogP contribution is 2.19. The molecular weight excluding hydrogens is 326 g/mol. The van der Waals surface area contributed by atoms with Gasteiger partial charge in [-0.25, -0.2) is 13.4 Å². The quantitative estimate of drug-likeness (QED) is 0.849. The van der Waals surface area contributed by atoms with Crippen LogP contribution in [0.1, 0.15) is 10.4 Å². The van der Waals surface area contributed by atoms with Gasteiger partial charge in [-0.15, -0.1) is 11.3 Å². The summed E-state index contributed by atoms with van der Waals surface area (Å²) in [7, 11) is -3.27. The zero-order valence-electron chi connectivity index (χ0n) is 11.1. The third kappa shape index (κ3) is 3.00. The van der Waals surface area contributed by atoms with Crippen molar-refractivity contribution < 1.29 is 13.2 Å². The van der Waals surface area contributed by atoms with Gasteiger partial charge in [0.15, 0.2) is 9.84 Å². The molecule has 1 unspecified atom stereocenters. The van der Waals surface area contributed by atoms with Crippen molar-refractivity contribution in [1.29, 1.82) is 0 Å². The molecule has 22 heavy (non-hydrogen) atoms. The van der Waals surface area contributed by atoms with Crippen molar-refractivity contribution >= 4 is 27.1 Å². The highest BCUT2D eigenvalue weighted by atomic mass is 32.2. The van der Waals surface area contributed by atoms with Gasteiger partial charge in [-0.2, -0.15) is 0 Å². The van der Waals surface area contributed by atoms with Gasteiger partial charge in [0.25, 0.3) is 11.5 Å². The largest absolute Gasteiger partial charge is 0.345 e. The fourth-order valence-electron chi connectivity index (χ4n) is 2.01. The highest BCUT2D eigenvalue weighted by molar-refractivity contribution is 7.94. The molecule has 9 heteroatoms. The van der Waals surface area contributed by atoms with E-state index in [1.165, 1.54) is 23.6 Å². The summed E-state index contributed by atoms with van der Waals surface area (Å²) in [5.41, 5.74) is -0.723. The summed E-state index contributed by atoms with van der Waals surface area (Å²) < 4.78 is 22.6. The molecule has 0 spiro atoms. The van der Waals surface area contributed by atoms with Gasteiger partial charge in [-0.05, 0) is 17.5 Å². The molecule has 1 aliphatic rings. The van der Waals surface area contributed by atoms with Crippen molar-refractivity contribution in [2.45, 2.75) is 6.04 Å². The Morgan fingerprint density at radius 2 is 2.27 bits per heavy atom. The Morgan fingerprint density at radius 3 is 2.86 bits per heavy atom. The minimum Gasteiger partial charge on any atom is -0.345 e. The second kappa shape index (κ2) is 5.50. The predicted molar refractivity (Wildman–Crippen MR) is 82.4 cm³/mol. The number of aromatic nitrogens is 2. The van der Waals surface area contributed by atoms with Gasteiger partial charge in [0.05, 0.1) is 16.7 Å². The molecule has 1 atom stereocenters. The van der Waals surface area contributed by atoms with Crippen molar-refractivity contribution in [2.24, 2.45) is 0 Å². The Labute approximate surface area is 129 Å². The summed E-state index contributed by atoms with van der Waals surface area (Å²) in [6, 6.07) is 3.00. The molecule has 0 radical (unpaired) electrons. The number of H-pyrrole nitrogens is 1. The van der Waals surface area contributed by atoms with Crippen LogP contribution < -0.4 is 10.9 Å². The van der Waals surface area contributed by atoms with Crippen LogP contribution in [-0.2, 0) is 9.84 Å². The fraction of sp³-hybridized carbons (Fsp3) is 0.154. The van der Waals surface area contributed by atoms with Crippen LogP contribution in [0.15, 0.2) is 40.0 Å². The predicted octanol–water partition coefficient (Wildman–Crippen LogP) is 0.539. The van der Waals surface area contributed by atoms with E-state index in [4.69, 9.17) is 0 Å². The molecule has 114 valence electrons. The van der Waals surface area contributed by atoms with Crippen molar-refractivity contribution in [1.82, 2.24) is 15.3 Å². The summed E-state index contributed by atoms with van der Waals surface area (Å²) in [6.45, 7) is 0. The number of carbonyl (C=O) groups is 1. The molecule has 1 amide bonds. The molecule has 0 fully saturated rings. The second-order valence-corrected chi connectivity index (χ2v) is 7.57. The molecule has 0 bridgehead atoms. The number of aromatic amines is 1. The summed E-state index contributed by atoms with van der Waals surface area (Å²) in [6.07, 6.45) is 2.57. The first kappa shape index (κ1) is 14.7. The minimum absolute atomic E-state index is 0.155. The number of hydrogen-bond donors (Lipinski definition) is 2. The van der Waals surface area contributed by atoms with Crippen LogP contribution in [-0.4, -0.2) is 36.1 Å². The number of nitrogens with one attached hydrogen (secondary N) is 2. The molecule has 1 aliphatic heterocycles. The average Bonchev–Trinajstić information content (AvgIpc) is 3.08.